The fourth-order valence-electron chi connectivity index (χ4n) is 2.12. The molecule has 0 spiro atoms. The quantitative estimate of drug-likeness (QED) is 0.510. The minimum Gasteiger partial charge on any atom is -0.324 e. The number of nitrogens with one attached hydrogen (secondary N) is 1. The van der Waals surface area contributed by atoms with Crippen LogP contribution in [0.4, 0.5) is 5.69 Å². The van der Waals surface area contributed by atoms with E-state index in [-0.39, 0.29) is 11.2 Å². The minimum atomic E-state index is -0.363. The van der Waals surface area contributed by atoms with Crippen molar-refractivity contribution < 1.29 is 4.79 Å². The Morgan fingerprint density at radius 2 is 1.96 bits per heavy atom. The van der Waals surface area contributed by atoms with Crippen LogP contribution in [0.15, 0.2) is 53.8 Å². The summed E-state index contributed by atoms with van der Waals surface area (Å²) in [6.45, 7) is 1.81. The van der Waals surface area contributed by atoms with Gasteiger partial charge in [0, 0.05) is 10.4 Å². The molecule has 1 unspecified atom stereocenters. The molecule has 2 aromatic carbocycles. The zero-order valence-corrected chi connectivity index (χ0v) is 15.0. The number of anilines is 1. The van der Waals surface area contributed by atoms with Crippen LogP contribution in [0.3, 0.4) is 0 Å². The highest BCUT2D eigenvalue weighted by Gasteiger charge is 2.18. The largest absolute Gasteiger partial charge is 0.324 e. The molecule has 0 aliphatic carbocycles. The van der Waals surface area contributed by atoms with Crippen molar-refractivity contribution >= 4 is 57.5 Å². The molecule has 3 aromatic rings. The SMILES string of the molecule is CC(Sc1ncnc2ccccc12)C(=O)Nc1cc(Cl)ccc1Cl. The molecule has 0 fully saturated rings. The van der Waals surface area contributed by atoms with Gasteiger partial charge in [0.2, 0.25) is 5.91 Å². The topological polar surface area (TPSA) is 54.9 Å². The van der Waals surface area contributed by atoms with E-state index in [9.17, 15) is 4.79 Å². The van der Waals surface area contributed by atoms with Crippen molar-refractivity contribution in [3.8, 4) is 0 Å². The van der Waals surface area contributed by atoms with E-state index in [4.69, 9.17) is 23.2 Å². The lowest BCUT2D eigenvalue weighted by Crippen LogP contribution is -2.22. The number of para-hydroxylation sites is 1. The number of amides is 1. The maximum atomic E-state index is 12.4. The first kappa shape index (κ1) is 17.0. The summed E-state index contributed by atoms with van der Waals surface area (Å²) >= 11 is 13.4. The molecule has 1 atom stereocenters. The first-order chi connectivity index (χ1) is 11.5. The molecule has 7 heteroatoms. The van der Waals surface area contributed by atoms with Crippen LogP contribution >= 0.6 is 35.0 Å². The Morgan fingerprint density at radius 3 is 2.79 bits per heavy atom. The van der Waals surface area contributed by atoms with Crippen LogP contribution in [0, 0.1) is 0 Å². The smallest absolute Gasteiger partial charge is 0.237 e. The highest BCUT2D eigenvalue weighted by Crippen LogP contribution is 2.30. The Kier molecular flexibility index (Phi) is 5.23. The van der Waals surface area contributed by atoms with Crippen molar-refractivity contribution in [2.45, 2.75) is 17.2 Å². The molecule has 1 amide bonds. The number of rotatable bonds is 4. The van der Waals surface area contributed by atoms with Gasteiger partial charge in [0.25, 0.3) is 0 Å². The summed E-state index contributed by atoms with van der Waals surface area (Å²) in [4.78, 5) is 21.0. The monoisotopic (exact) mass is 377 g/mol. The molecule has 1 heterocycles. The van der Waals surface area contributed by atoms with Crippen LogP contribution in [0.25, 0.3) is 10.9 Å². The highest BCUT2D eigenvalue weighted by molar-refractivity contribution is 8.00. The van der Waals surface area contributed by atoms with Gasteiger partial charge in [-0.25, -0.2) is 9.97 Å². The van der Waals surface area contributed by atoms with E-state index in [1.165, 1.54) is 18.1 Å². The number of carbonyl (C=O) groups excluding carboxylic acids is 1. The fourth-order valence-corrected chi connectivity index (χ4v) is 3.37. The van der Waals surface area contributed by atoms with Crippen molar-refractivity contribution in [1.29, 1.82) is 0 Å². The molecular formula is C17H13Cl2N3OS. The molecule has 1 N–H and O–H groups in total. The Bertz CT molecular complexity index is 899. The van der Waals surface area contributed by atoms with Gasteiger partial charge in [0.1, 0.15) is 11.4 Å². The lowest BCUT2D eigenvalue weighted by Gasteiger charge is -2.13. The van der Waals surface area contributed by atoms with Gasteiger partial charge in [-0.05, 0) is 31.2 Å². The molecule has 122 valence electrons. The van der Waals surface area contributed by atoms with Gasteiger partial charge in [0.05, 0.1) is 21.5 Å². The first-order valence-electron chi connectivity index (χ1n) is 7.17. The summed E-state index contributed by atoms with van der Waals surface area (Å²) in [6.07, 6.45) is 1.50. The van der Waals surface area contributed by atoms with Gasteiger partial charge in [-0.3, -0.25) is 4.79 Å². The number of hydrogen-bond acceptors (Lipinski definition) is 4. The molecule has 0 saturated heterocycles. The second kappa shape index (κ2) is 7.38. The maximum Gasteiger partial charge on any atom is 0.237 e. The molecule has 0 bridgehead atoms. The van der Waals surface area contributed by atoms with Gasteiger partial charge >= 0.3 is 0 Å². The molecule has 0 radical (unpaired) electrons. The number of nitrogens with zero attached hydrogens (tertiary/aromatic N) is 2. The van der Waals surface area contributed by atoms with E-state index in [1.54, 1.807) is 18.2 Å². The Labute approximate surface area is 153 Å². The summed E-state index contributed by atoms with van der Waals surface area (Å²) in [5, 5.41) is 5.08. The van der Waals surface area contributed by atoms with Crippen LogP contribution in [0.2, 0.25) is 10.0 Å². The van der Waals surface area contributed by atoms with Crippen molar-refractivity contribution in [2.24, 2.45) is 0 Å². The summed E-state index contributed by atoms with van der Waals surface area (Å²) < 4.78 is 0. The zero-order valence-electron chi connectivity index (χ0n) is 12.7. The number of hydrogen-bond donors (Lipinski definition) is 1. The van der Waals surface area contributed by atoms with Gasteiger partial charge in [0.15, 0.2) is 0 Å². The van der Waals surface area contributed by atoms with Crippen LogP contribution < -0.4 is 5.32 Å². The molecule has 4 nitrogen and oxygen atoms in total. The summed E-state index contributed by atoms with van der Waals surface area (Å²) in [5.41, 5.74) is 1.34. The second-order valence-electron chi connectivity index (χ2n) is 5.07. The van der Waals surface area contributed by atoms with Crippen LogP contribution in [0.1, 0.15) is 6.92 Å². The molecule has 24 heavy (non-hydrogen) atoms. The van der Waals surface area contributed by atoms with Crippen molar-refractivity contribution in [1.82, 2.24) is 9.97 Å². The summed E-state index contributed by atoms with van der Waals surface area (Å²) in [5.74, 6) is -0.174. The molecular weight excluding hydrogens is 365 g/mol. The number of thioether (sulfide) groups is 1. The third-order valence-electron chi connectivity index (χ3n) is 3.35. The Balaban J connectivity index is 1.77. The molecule has 0 aliphatic rings. The molecule has 3 rings (SSSR count). The van der Waals surface area contributed by atoms with E-state index < -0.39 is 0 Å². The average molecular weight is 378 g/mol. The van der Waals surface area contributed by atoms with E-state index in [2.05, 4.69) is 15.3 Å². The highest BCUT2D eigenvalue weighted by atomic mass is 35.5. The van der Waals surface area contributed by atoms with Crippen molar-refractivity contribution in [3.05, 3.63) is 58.8 Å². The summed E-state index contributed by atoms with van der Waals surface area (Å²) in [6, 6.07) is 12.6. The van der Waals surface area contributed by atoms with Gasteiger partial charge in [-0.2, -0.15) is 0 Å². The average Bonchev–Trinajstić information content (AvgIpc) is 2.58. The normalized spacial score (nSPS) is 12.1. The van der Waals surface area contributed by atoms with Crippen LogP contribution in [0.5, 0.6) is 0 Å². The maximum absolute atomic E-state index is 12.4. The zero-order chi connectivity index (χ0) is 17.1. The second-order valence-corrected chi connectivity index (χ2v) is 7.24. The minimum absolute atomic E-state index is 0.174. The predicted octanol–water partition coefficient (Wildman–Crippen LogP) is 5.06. The standard InChI is InChI=1S/C17H13Cl2N3OS/c1-10(16(23)22-15-8-11(18)6-7-13(15)19)24-17-12-4-2-3-5-14(12)20-9-21-17/h2-10H,1H3,(H,22,23). The lowest BCUT2D eigenvalue weighted by atomic mass is 10.2. The number of halogens is 2. The van der Waals surface area contributed by atoms with Gasteiger partial charge in [-0.15, -0.1) is 0 Å². The van der Waals surface area contributed by atoms with Crippen molar-refractivity contribution in [2.75, 3.05) is 5.32 Å². The third kappa shape index (κ3) is 3.80. The van der Waals surface area contributed by atoms with E-state index in [1.807, 2.05) is 31.2 Å². The number of carbonyl (C=O) groups is 1. The summed E-state index contributed by atoms with van der Waals surface area (Å²) in [7, 11) is 0. The lowest BCUT2D eigenvalue weighted by molar-refractivity contribution is -0.115. The Morgan fingerprint density at radius 1 is 1.17 bits per heavy atom. The Hall–Kier alpha value is -1.82. The van der Waals surface area contributed by atoms with Gasteiger partial charge < -0.3 is 5.32 Å². The van der Waals surface area contributed by atoms with E-state index >= 15 is 0 Å². The van der Waals surface area contributed by atoms with E-state index in [0.717, 1.165) is 15.9 Å². The fraction of sp³-hybridized carbons (Fsp3) is 0.118. The molecule has 0 aliphatic heterocycles. The van der Waals surface area contributed by atoms with Crippen molar-refractivity contribution in [3.63, 3.8) is 0 Å². The number of aromatic nitrogens is 2. The van der Waals surface area contributed by atoms with Gasteiger partial charge in [-0.1, -0.05) is 53.2 Å². The molecule has 1 aromatic heterocycles. The molecule has 0 saturated carbocycles. The van der Waals surface area contributed by atoms with Crippen LogP contribution in [-0.2, 0) is 4.79 Å². The van der Waals surface area contributed by atoms with E-state index in [0.29, 0.717) is 15.7 Å². The van der Waals surface area contributed by atoms with Crippen LogP contribution in [-0.4, -0.2) is 21.1 Å². The number of fused-ring (bicyclic) bond motifs is 1. The first-order valence-corrected chi connectivity index (χ1v) is 8.80. The predicted molar refractivity (Wildman–Crippen MR) is 99.9 cm³/mol. The number of benzene rings is 2. The third-order valence-corrected chi connectivity index (χ3v) is 5.03.